The number of anilines is 1. The molecule has 7 nitrogen and oxygen atoms in total. The lowest BCUT2D eigenvalue weighted by molar-refractivity contribution is -0.384. The largest absolute Gasteiger partial charge is 0.488 e. The van der Waals surface area contributed by atoms with Gasteiger partial charge in [0.25, 0.3) is 11.6 Å². The molecule has 3 rings (SSSR count). The number of carbonyl (C=O) groups is 1. The monoisotopic (exact) mass is 555 g/mol. The van der Waals surface area contributed by atoms with Gasteiger partial charge in [-0.25, -0.2) is 0 Å². The predicted molar refractivity (Wildman–Crippen MR) is 128 cm³/mol. The maximum absolute atomic E-state index is 12.6. The molecule has 1 N–H and O–H groups in total. The summed E-state index contributed by atoms with van der Waals surface area (Å²) >= 11 is 6.72. The van der Waals surface area contributed by atoms with Gasteiger partial charge in [-0.1, -0.05) is 50.1 Å². The highest BCUT2D eigenvalue weighted by Gasteiger charge is 2.13. The zero-order valence-electron chi connectivity index (χ0n) is 16.4. The Morgan fingerprint density at radius 2 is 1.84 bits per heavy atom. The minimum Gasteiger partial charge on any atom is -0.488 e. The topological polar surface area (TPSA) is 105 Å². The number of halogens is 2. The third kappa shape index (κ3) is 6.26. The molecule has 160 valence electrons. The van der Waals surface area contributed by atoms with Crippen LogP contribution in [0, 0.1) is 21.4 Å². The average molecular weight is 557 g/mol. The van der Waals surface area contributed by atoms with Crippen molar-refractivity contribution >= 4 is 55.2 Å². The third-order valence-electron chi connectivity index (χ3n) is 4.23. The van der Waals surface area contributed by atoms with Gasteiger partial charge in [-0.15, -0.1) is 0 Å². The number of carbonyl (C=O) groups excluding carboxylic acids is 1. The molecule has 0 aliphatic heterocycles. The van der Waals surface area contributed by atoms with Crippen LogP contribution in [-0.2, 0) is 11.4 Å². The van der Waals surface area contributed by atoms with E-state index >= 15 is 0 Å². The first-order valence-electron chi connectivity index (χ1n) is 9.20. The summed E-state index contributed by atoms with van der Waals surface area (Å²) in [4.78, 5) is 23.1. The third-order valence-corrected chi connectivity index (χ3v) is 5.22. The number of nitrogens with one attached hydrogen (secondary N) is 1. The van der Waals surface area contributed by atoms with Crippen LogP contribution in [0.5, 0.6) is 5.75 Å². The van der Waals surface area contributed by atoms with Gasteiger partial charge >= 0.3 is 0 Å². The van der Waals surface area contributed by atoms with E-state index in [0.717, 1.165) is 8.95 Å². The molecule has 32 heavy (non-hydrogen) atoms. The van der Waals surface area contributed by atoms with Crippen molar-refractivity contribution in [1.82, 2.24) is 0 Å². The molecule has 0 unspecified atom stereocenters. The van der Waals surface area contributed by atoms with Crippen LogP contribution in [0.2, 0.25) is 0 Å². The fraction of sp³-hybridized carbons (Fsp3) is 0.0435. The minimum absolute atomic E-state index is 0.0296. The van der Waals surface area contributed by atoms with E-state index in [-0.39, 0.29) is 17.9 Å². The molecular formula is C23H15Br2N3O4. The van der Waals surface area contributed by atoms with Crippen LogP contribution in [0.4, 0.5) is 11.4 Å². The Kier molecular flexibility index (Phi) is 7.76. The van der Waals surface area contributed by atoms with Gasteiger partial charge in [-0.05, 0) is 48.0 Å². The first-order valence-corrected chi connectivity index (χ1v) is 10.8. The number of hydrogen-bond acceptors (Lipinski definition) is 5. The Hall–Kier alpha value is -3.48. The molecule has 3 aromatic carbocycles. The van der Waals surface area contributed by atoms with Gasteiger partial charge in [-0.2, -0.15) is 5.26 Å². The Balaban J connectivity index is 1.83. The van der Waals surface area contributed by atoms with Crippen molar-refractivity contribution < 1.29 is 14.5 Å². The average Bonchev–Trinajstić information content (AvgIpc) is 2.77. The van der Waals surface area contributed by atoms with Crippen LogP contribution in [0.15, 0.2) is 81.2 Å². The number of hydrogen-bond donors (Lipinski definition) is 1. The van der Waals surface area contributed by atoms with Crippen LogP contribution < -0.4 is 10.1 Å². The second-order valence-corrected chi connectivity index (χ2v) is 8.36. The van der Waals surface area contributed by atoms with Crippen molar-refractivity contribution in [2.45, 2.75) is 6.61 Å². The highest BCUT2D eigenvalue weighted by molar-refractivity contribution is 9.10. The summed E-state index contributed by atoms with van der Waals surface area (Å²) in [6, 6.07) is 20.2. The molecule has 0 bridgehead atoms. The molecule has 0 atom stereocenters. The molecule has 1 amide bonds. The molecule has 0 aliphatic rings. The second kappa shape index (κ2) is 10.7. The predicted octanol–water partition coefficient (Wildman–Crippen LogP) is 6.24. The Morgan fingerprint density at radius 3 is 2.56 bits per heavy atom. The van der Waals surface area contributed by atoms with Crippen LogP contribution in [0.3, 0.4) is 0 Å². The lowest BCUT2D eigenvalue weighted by Gasteiger charge is -2.11. The SMILES string of the molecule is N#C/C(=C/c1cc(Br)ccc1OCc1cccc([N+](=O)[O-])c1)C(=O)Nc1cccc(Br)c1. The van der Waals surface area contributed by atoms with Crippen molar-refractivity contribution in [2.75, 3.05) is 5.32 Å². The number of nitro benzene ring substituents is 1. The summed E-state index contributed by atoms with van der Waals surface area (Å²) in [6.07, 6.45) is 1.43. The maximum Gasteiger partial charge on any atom is 0.269 e. The molecule has 0 heterocycles. The quantitative estimate of drug-likeness (QED) is 0.160. The first-order chi connectivity index (χ1) is 15.4. The van der Waals surface area contributed by atoms with Crippen LogP contribution in [-0.4, -0.2) is 10.8 Å². The molecule has 0 saturated heterocycles. The summed E-state index contributed by atoms with van der Waals surface area (Å²) in [5, 5.41) is 23.2. The van der Waals surface area contributed by atoms with Crippen molar-refractivity contribution in [3.8, 4) is 11.8 Å². The number of nitriles is 1. The number of benzene rings is 3. The highest BCUT2D eigenvalue weighted by Crippen LogP contribution is 2.27. The number of amides is 1. The molecule has 0 radical (unpaired) electrons. The van der Waals surface area contributed by atoms with Crippen molar-refractivity contribution in [3.05, 3.63) is 102 Å². The van der Waals surface area contributed by atoms with Gasteiger partial charge in [-0.3, -0.25) is 14.9 Å². The van der Waals surface area contributed by atoms with E-state index in [2.05, 4.69) is 37.2 Å². The number of ether oxygens (including phenoxy) is 1. The van der Waals surface area contributed by atoms with Crippen molar-refractivity contribution in [3.63, 3.8) is 0 Å². The number of nitro groups is 1. The maximum atomic E-state index is 12.6. The van der Waals surface area contributed by atoms with Crippen molar-refractivity contribution in [2.24, 2.45) is 0 Å². The van der Waals surface area contributed by atoms with E-state index < -0.39 is 10.8 Å². The van der Waals surface area contributed by atoms with Crippen LogP contribution in [0.1, 0.15) is 11.1 Å². The zero-order valence-corrected chi connectivity index (χ0v) is 19.6. The standard InChI is InChI=1S/C23H15Br2N3O4/c24-18-4-2-5-20(12-18)27-23(29)17(13-26)10-16-11-19(25)7-8-22(16)32-14-15-3-1-6-21(9-15)28(30)31/h1-12H,14H2,(H,27,29)/b17-10-. The number of rotatable bonds is 7. The summed E-state index contributed by atoms with van der Waals surface area (Å²) in [5.41, 5.74) is 1.53. The van der Waals surface area contributed by atoms with Gasteiger partial charge in [0.2, 0.25) is 0 Å². The number of non-ortho nitro benzene ring substituents is 1. The molecule has 0 aliphatic carbocycles. The molecule has 9 heteroatoms. The normalized spacial score (nSPS) is 10.8. The van der Waals surface area contributed by atoms with Gasteiger partial charge in [0.15, 0.2) is 0 Å². The smallest absolute Gasteiger partial charge is 0.269 e. The molecule has 0 saturated carbocycles. The van der Waals surface area contributed by atoms with E-state index in [9.17, 15) is 20.2 Å². The van der Waals surface area contributed by atoms with E-state index in [1.807, 2.05) is 12.1 Å². The number of nitrogens with zero attached hydrogens (tertiary/aromatic N) is 2. The summed E-state index contributed by atoms with van der Waals surface area (Å²) < 4.78 is 7.36. The van der Waals surface area contributed by atoms with E-state index in [0.29, 0.717) is 22.6 Å². The van der Waals surface area contributed by atoms with Crippen molar-refractivity contribution in [1.29, 1.82) is 5.26 Å². The fourth-order valence-corrected chi connectivity index (χ4v) is 3.53. The Morgan fingerprint density at radius 1 is 1.09 bits per heavy atom. The highest BCUT2D eigenvalue weighted by atomic mass is 79.9. The first kappa shape index (κ1) is 23.2. The van der Waals surface area contributed by atoms with E-state index in [4.69, 9.17) is 4.74 Å². The summed E-state index contributed by atoms with van der Waals surface area (Å²) in [5.74, 6) is -0.141. The molecule has 0 aromatic heterocycles. The molecule has 3 aromatic rings. The summed E-state index contributed by atoms with van der Waals surface area (Å²) in [7, 11) is 0. The lowest BCUT2D eigenvalue weighted by atomic mass is 10.1. The minimum atomic E-state index is -0.560. The van der Waals surface area contributed by atoms with Crippen LogP contribution >= 0.6 is 31.9 Å². The van der Waals surface area contributed by atoms with Gasteiger partial charge in [0.1, 0.15) is 24.0 Å². The van der Waals surface area contributed by atoms with Gasteiger partial charge < -0.3 is 10.1 Å². The summed E-state index contributed by atoms with van der Waals surface area (Å²) in [6.45, 7) is 0.0796. The van der Waals surface area contributed by atoms with E-state index in [1.54, 1.807) is 48.5 Å². The molecular weight excluding hydrogens is 542 g/mol. The lowest BCUT2D eigenvalue weighted by Crippen LogP contribution is -2.13. The fourth-order valence-electron chi connectivity index (χ4n) is 2.75. The second-order valence-electron chi connectivity index (χ2n) is 6.53. The molecule has 0 fully saturated rings. The van der Waals surface area contributed by atoms with Crippen LogP contribution in [0.25, 0.3) is 6.08 Å². The zero-order chi connectivity index (χ0) is 23.1. The Labute approximate surface area is 200 Å². The molecule has 0 spiro atoms. The Bertz CT molecular complexity index is 1250. The van der Waals surface area contributed by atoms with E-state index in [1.165, 1.54) is 18.2 Å². The van der Waals surface area contributed by atoms with Gasteiger partial charge in [0.05, 0.1) is 4.92 Å². The van der Waals surface area contributed by atoms with Gasteiger partial charge in [0, 0.05) is 32.3 Å².